The van der Waals surface area contributed by atoms with Crippen LogP contribution in [0, 0.1) is 5.82 Å². The summed E-state index contributed by atoms with van der Waals surface area (Å²) < 4.78 is 13.8. The normalized spacial score (nSPS) is 14.8. The van der Waals surface area contributed by atoms with Crippen LogP contribution in [-0.4, -0.2) is 52.8 Å². The highest BCUT2D eigenvalue weighted by atomic mass is 32.1. The van der Waals surface area contributed by atoms with Gasteiger partial charge in [-0.3, -0.25) is 9.59 Å². The fraction of sp³-hybridized carbons (Fsp3) is 0.353. The molecule has 24 heavy (non-hydrogen) atoms. The minimum Gasteiger partial charge on any atom is -0.339 e. The lowest BCUT2D eigenvalue weighted by Crippen LogP contribution is -2.50. The van der Waals surface area contributed by atoms with Crippen LogP contribution in [0.5, 0.6) is 0 Å². The lowest BCUT2D eigenvalue weighted by atomic mass is 10.2. The molecule has 1 fully saturated rings. The lowest BCUT2D eigenvalue weighted by molar-refractivity contribution is -0.137. The Hall–Kier alpha value is -2.28. The Labute approximate surface area is 143 Å². The number of hydrogen-bond acceptors (Lipinski definition) is 4. The first-order valence-corrected chi connectivity index (χ1v) is 8.59. The SMILES string of the molecule is CC(=O)N1CCN(C(=O)Cc2cnc(-c3ccccc3F)s2)CC1. The minimum absolute atomic E-state index is 0.0157. The second kappa shape index (κ2) is 7.09. The molecule has 5 nitrogen and oxygen atoms in total. The quantitative estimate of drug-likeness (QED) is 0.855. The number of hydrogen-bond donors (Lipinski definition) is 0. The molecular weight excluding hydrogens is 329 g/mol. The molecule has 0 spiro atoms. The summed E-state index contributed by atoms with van der Waals surface area (Å²) in [6, 6.07) is 6.48. The third kappa shape index (κ3) is 3.62. The molecule has 2 amide bonds. The first-order chi connectivity index (χ1) is 11.5. The zero-order chi connectivity index (χ0) is 17.1. The van der Waals surface area contributed by atoms with Crippen molar-refractivity contribution in [2.75, 3.05) is 26.2 Å². The predicted octanol–water partition coefficient (Wildman–Crippen LogP) is 2.18. The molecule has 1 aromatic carbocycles. The van der Waals surface area contributed by atoms with E-state index in [2.05, 4.69) is 4.98 Å². The van der Waals surface area contributed by atoms with Crippen LogP contribution in [0.2, 0.25) is 0 Å². The van der Waals surface area contributed by atoms with Gasteiger partial charge in [-0.25, -0.2) is 9.37 Å². The average Bonchev–Trinajstić information content (AvgIpc) is 3.03. The molecule has 1 aliphatic heterocycles. The second-order valence-corrected chi connectivity index (χ2v) is 6.79. The first kappa shape index (κ1) is 16.6. The maximum absolute atomic E-state index is 13.8. The smallest absolute Gasteiger partial charge is 0.228 e. The Bertz CT molecular complexity index is 754. The van der Waals surface area contributed by atoms with Gasteiger partial charge in [0, 0.05) is 49.7 Å². The van der Waals surface area contributed by atoms with Gasteiger partial charge in [0.2, 0.25) is 11.8 Å². The van der Waals surface area contributed by atoms with Gasteiger partial charge >= 0.3 is 0 Å². The molecule has 1 aliphatic rings. The Morgan fingerprint density at radius 3 is 2.50 bits per heavy atom. The van der Waals surface area contributed by atoms with Crippen LogP contribution in [-0.2, 0) is 16.0 Å². The van der Waals surface area contributed by atoms with Crippen molar-refractivity contribution in [3.63, 3.8) is 0 Å². The molecule has 7 heteroatoms. The van der Waals surface area contributed by atoms with Crippen molar-refractivity contribution < 1.29 is 14.0 Å². The number of rotatable bonds is 3. The molecule has 1 aromatic heterocycles. The molecule has 0 bridgehead atoms. The van der Waals surface area contributed by atoms with Gasteiger partial charge in [-0.15, -0.1) is 11.3 Å². The second-order valence-electron chi connectivity index (χ2n) is 5.68. The van der Waals surface area contributed by atoms with E-state index in [9.17, 15) is 14.0 Å². The molecule has 2 heterocycles. The highest BCUT2D eigenvalue weighted by Gasteiger charge is 2.23. The van der Waals surface area contributed by atoms with E-state index in [4.69, 9.17) is 0 Å². The highest BCUT2D eigenvalue weighted by Crippen LogP contribution is 2.27. The molecule has 0 atom stereocenters. The molecule has 2 aromatic rings. The third-order valence-electron chi connectivity index (χ3n) is 4.06. The average molecular weight is 347 g/mol. The molecule has 1 saturated heterocycles. The van der Waals surface area contributed by atoms with Crippen molar-refractivity contribution in [1.82, 2.24) is 14.8 Å². The van der Waals surface area contributed by atoms with Gasteiger partial charge in [-0.1, -0.05) is 12.1 Å². The van der Waals surface area contributed by atoms with Crippen LogP contribution in [0.4, 0.5) is 4.39 Å². The fourth-order valence-electron chi connectivity index (χ4n) is 2.68. The van der Waals surface area contributed by atoms with Crippen molar-refractivity contribution in [1.29, 1.82) is 0 Å². The molecule has 0 N–H and O–H groups in total. The summed E-state index contributed by atoms with van der Waals surface area (Å²) in [4.78, 5) is 32.3. The van der Waals surface area contributed by atoms with E-state index in [1.807, 2.05) is 0 Å². The number of amides is 2. The molecular formula is C17H18FN3O2S. The summed E-state index contributed by atoms with van der Waals surface area (Å²) in [7, 11) is 0. The van der Waals surface area contributed by atoms with E-state index < -0.39 is 0 Å². The van der Waals surface area contributed by atoms with E-state index >= 15 is 0 Å². The standard InChI is InChI=1S/C17H18FN3O2S/c1-12(22)20-6-8-21(9-7-20)16(23)10-13-11-19-17(24-13)14-4-2-3-5-15(14)18/h2-5,11H,6-10H2,1H3. The van der Waals surface area contributed by atoms with Crippen molar-refractivity contribution >= 4 is 23.2 Å². The van der Waals surface area contributed by atoms with Gasteiger partial charge in [-0.05, 0) is 12.1 Å². The monoisotopic (exact) mass is 347 g/mol. The Morgan fingerprint density at radius 2 is 1.83 bits per heavy atom. The van der Waals surface area contributed by atoms with Crippen LogP contribution in [0.1, 0.15) is 11.8 Å². The summed E-state index contributed by atoms with van der Waals surface area (Å²) >= 11 is 1.33. The topological polar surface area (TPSA) is 53.5 Å². The van der Waals surface area contributed by atoms with Gasteiger partial charge in [0.05, 0.1) is 6.42 Å². The molecule has 126 valence electrons. The fourth-order valence-corrected chi connectivity index (χ4v) is 3.61. The number of benzene rings is 1. The number of aromatic nitrogens is 1. The van der Waals surface area contributed by atoms with E-state index in [0.29, 0.717) is 36.8 Å². The molecule has 0 unspecified atom stereocenters. The van der Waals surface area contributed by atoms with Crippen molar-refractivity contribution in [2.24, 2.45) is 0 Å². The molecule has 3 rings (SSSR count). The van der Waals surface area contributed by atoms with Gasteiger partial charge in [0.25, 0.3) is 0 Å². The summed E-state index contributed by atoms with van der Waals surface area (Å²) in [6.07, 6.45) is 1.89. The van der Waals surface area contributed by atoms with Crippen molar-refractivity contribution in [2.45, 2.75) is 13.3 Å². The Morgan fingerprint density at radius 1 is 1.17 bits per heavy atom. The number of carbonyl (C=O) groups excluding carboxylic acids is 2. The number of nitrogens with zero attached hydrogens (tertiary/aromatic N) is 3. The van der Waals surface area contributed by atoms with E-state index in [1.54, 1.807) is 41.1 Å². The number of piperazine rings is 1. The Kier molecular flexibility index (Phi) is 4.89. The van der Waals surface area contributed by atoms with Crippen LogP contribution in [0.3, 0.4) is 0 Å². The van der Waals surface area contributed by atoms with Gasteiger partial charge in [0.15, 0.2) is 0 Å². The van der Waals surface area contributed by atoms with Gasteiger partial charge < -0.3 is 9.80 Å². The predicted molar refractivity (Wildman–Crippen MR) is 90.0 cm³/mol. The molecule has 0 radical (unpaired) electrons. The maximum atomic E-state index is 13.8. The third-order valence-corrected chi connectivity index (χ3v) is 5.09. The van der Waals surface area contributed by atoms with Gasteiger partial charge in [0.1, 0.15) is 10.8 Å². The minimum atomic E-state index is -0.315. The lowest BCUT2D eigenvalue weighted by Gasteiger charge is -2.34. The van der Waals surface area contributed by atoms with Crippen molar-refractivity contribution in [3.05, 3.63) is 41.2 Å². The summed E-state index contributed by atoms with van der Waals surface area (Å²) in [5, 5.41) is 0.581. The van der Waals surface area contributed by atoms with Crippen LogP contribution in [0.15, 0.2) is 30.5 Å². The number of carbonyl (C=O) groups is 2. The van der Waals surface area contributed by atoms with Crippen molar-refractivity contribution in [3.8, 4) is 10.6 Å². The van der Waals surface area contributed by atoms with E-state index in [0.717, 1.165) is 4.88 Å². The Balaban J connectivity index is 1.62. The number of halogens is 1. The highest BCUT2D eigenvalue weighted by molar-refractivity contribution is 7.15. The van der Waals surface area contributed by atoms with Crippen LogP contribution in [0.25, 0.3) is 10.6 Å². The zero-order valence-corrected chi connectivity index (χ0v) is 14.2. The van der Waals surface area contributed by atoms with E-state index in [-0.39, 0.29) is 24.1 Å². The zero-order valence-electron chi connectivity index (χ0n) is 13.4. The first-order valence-electron chi connectivity index (χ1n) is 7.77. The van der Waals surface area contributed by atoms with E-state index in [1.165, 1.54) is 17.4 Å². The molecule has 0 aliphatic carbocycles. The van der Waals surface area contributed by atoms with Gasteiger partial charge in [-0.2, -0.15) is 0 Å². The number of thiazole rings is 1. The summed E-state index contributed by atoms with van der Waals surface area (Å²) in [6.45, 7) is 3.79. The largest absolute Gasteiger partial charge is 0.339 e. The van der Waals surface area contributed by atoms with Crippen LogP contribution < -0.4 is 0 Å². The summed E-state index contributed by atoms with van der Waals surface area (Å²) in [5.74, 6) is -0.258. The van der Waals surface area contributed by atoms with Crippen LogP contribution >= 0.6 is 11.3 Å². The maximum Gasteiger partial charge on any atom is 0.228 e. The summed E-state index contributed by atoms with van der Waals surface area (Å²) in [5.41, 5.74) is 0.455. The molecule has 0 saturated carbocycles.